The van der Waals surface area contributed by atoms with Crippen molar-refractivity contribution in [3.8, 4) is 0 Å². The zero-order valence-electron chi connectivity index (χ0n) is 6.61. The second-order valence-electron chi connectivity index (χ2n) is 2.56. The van der Waals surface area contributed by atoms with Crippen molar-refractivity contribution >= 4 is 23.3 Å². The molecule has 1 rings (SSSR count). The number of sulfonamides is 1. The molecular formula is C7H8BNO2S. The molecule has 0 unspecified atom stereocenters. The minimum absolute atomic E-state index is 0.0919. The van der Waals surface area contributed by atoms with Gasteiger partial charge < -0.3 is 0 Å². The van der Waals surface area contributed by atoms with Crippen molar-refractivity contribution in [3.05, 3.63) is 23.8 Å². The van der Waals surface area contributed by atoms with Crippen LogP contribution < -0.4 is 10.6 Å². The van der Waals surface area contributed by atoms with Gasteiger partial charge in [-0.1, -0.05) is 17.1 Å². The molecule has 0 aliphatic rings. The standard InChI is InChI=1S/C7H8BNO2S/c1-5-4-6(12(9,10)11)2-3-7(5)8/h2-4H,1H3,(H2,9,10,11). The van der Waals surface area contributed by atoms with E-state index in [-0.39, 0.29) is 4.90 Å². The van der Waals surface area contributed by atoms with E-state index in [1.54, 1.807) is 6.92 Å². The molecule has 2 N–H and O–H groups in total. The first-order chi connectivity index (χ1) is 5.41. The predicted molar refractivity (Wildman–Crippen MR) is 47.9 cm³/mol. The van der Waals surface area contributed by atoms with Crippen LogP contribution in [0.1, 0.15) is 5.56 Å². The highest BCUT2D eigenvalue weighted by molar-refractivity contribution is 7.89. The Kier molecular flexibility index (Phi) is 2.26. The lowest BCUT2D eigenvalue weighted by molar-refractivity contribution is 0.598. The third-order valence-corrected chi connectivity index (χ3v) is 2.48. The van der Waals surface area contributed by atoms with Gasteiger partial charge in [0.05, 0.1) is 4.90 Å². The second kappa shape index (κ2) is 2.92. The van der Waals surface area contributed by atoms with Crippen LogP contribution in [0.5, 0.6) is 0 Å². The van der Waals surface area contributed by atoms with Crippen molar-refractivity contribution in [2.75, 3.05) is 0 Å². The molecule has 0 amide bonds. The van der Waals surface area contributed by atoms with Gasteiger partial charge in [0.2, 0.25) is 10.0 Å². The summed E-state index contributed by atoms with van der Waals surface area (Å²) >= 11 is 0. The van der Waals surface area contributed by atoms with E-state index in [0.29, 0.717) is 11.0 Å². The smallest absolute Gasteiger partial charge is 0.225 e. The molecule has 0 heterocycles. The summed E-state index contributed by atoms with van der Waals surface area (Å²) in [7, 11) is 1.90. The summed E-state index contributed by atoms with van der Waals surface area (Å²) in [4.78, 5) is 0.0919. The molecule has 1 aromatic carbocycles. The molecule has 5 heteroatoms. The molecule has 0 spiro atoms. The van der Waals surface area contributed by atoms with Gasteiger partial charge in [-0.15, -0.1) is 0 Å². The molecule has 0 saturated carbocycles. The van der Waals surface area contributed by atoms with Gasteiger partial charge in [-0.2, -0.15) is 0 Å². The maximum atomic E-state index is 10.8. The Morgan fingerprint density at radius 3 is 2.42 bits per heavy atom. The third kappa shape index (κ3) is 1.87. The molecule has 0 saturated heterocycles. The van der Waals surface area contributed by atoms with Crippen LogP contribution >= 0.6 is 0 Å². The van der Waals surface area contributed by atoms with E-state index < -0.39 is 10.0 Å². The van der Waals surface area contributed by atoms with Gasteiger partial charge >= 0.3 is 0 Å². The fourth-order valence-electron chi connectivity index (χ4n) is 0.825. The predicted octanol–water partition coefficient (Wildman–Crippen LogP) is -0.564. The topological polar surface area (TPSA) is 60.2 Å². The van der Waals surface area contributed by atoms with Gasteiger partial charge in [0, 0.05) is 0 Å². The molecule has 0 atom stereocenters. The Morgan fingerprint density at radius 1 is 1.42 bits per heavy atom. The van der Waals surface area contributed by atoms with Crippen molar-refractivity contribution in [2.24, 2.45) is 5.14 Å². The normalized spacial score (nSPS) is 11.5. The molecule has 0 bridgehead atoms. The number of nitrogens with two attached hydrogens (primary N) is 1. The number of benzene rings is 1. The maximum Gasteiger partial charge on any atom is 0.238 e. The minimum Gasteiger partial charge on any atom is -0.225 e. The number of rotatable bonds is 1. The van der Waals surface area contributed by atoms with Gasteiger partial charge in [0.15, 0.2) is 0 Å². The number of primary sulfonamides is 1. The zero-order valence-corrected chi connectivity index (χ0v) is 7.43. The Morgan fingerprint density at radius 2 is 2.00 bits per heavy atom. The van der Waals surface area contributed by atoms with Crippen LogP contribution in [-0.4, -0.2) is 16.3 Å². The summed E-state index contributed by atoms with van der Waals surface area (Å²) in [5.74, 6) is 0. The largest absolute Gasteiger partial charge is 0.238 e. The van der Waals surface area contributed by atoms with Crippen LogP contribution in [0.2, 0.25) is 0 Å². The lowest BCUT2D eigenvalue weighted by atomic mass is 9.92. The first-order valence-corrected chi connectivity index (χ1v) is 4.85. The van der Waals surface area contributed by atoms with E-state index in [9.17, 15) is 8.42 Å². The third-order valence-electron chi connectivity index (χ3n) is 1.57. The van der Waals surface area contributed by atoms with Gasteiger partial charge in [-0.05, 0) is 19.1 Å². The van der Waals surface area contributed by atoms with E-state index in [1.165, 1.54) is 18.2 Å². The van der Waals surface area contributed by atoms with Crippen LogP contribution in [0, 0.1) is 6.92 Å². The molecular weight excluding hydrogens is 173 g/mol. The van der Waals surface area contributed by atoms with E-state index in [0.717, 1.165) is 0 Å². The van der Waals surface area contributed by atoms with Crippen molar-refractivity contribution < 1.29 is 8.42 Å². The van der Waals surface area contributed by atoms with Crippen LogP contribution in [0.15, 0.2) is 23.1 Å². The highest BCUT2D eigenvalue weighted by Crippen LogP contribution is 2.06. The van der Waals surface area contributed by atoms with Crippen LogP contribution in [0.25, 0.3) is 0 Å². The first-order valence-electron chi connectivity index (χ1n) is 3.30. The summed E-state index contributed by atoms with van der Waals surface area (Å²) in [6.07, 6.45) is 0. The van der Waals surface area contributed by atoms with Crippen LogP contribution in [0.3, 0.4) is 0 Å². The summed E-state index contributed by atoms with van der Waals surface area (Å²) in [6, 6.07) is 4.36. The Hall–Kier alpha value is -0.805. The molecule has 0 fully saturated rings. The van der Waals surface area contributed by atoms with Crippen molar-refractivity contribution in [2.45, 2.75) is 11.8 Å². The highest BCUT2D eigenvalue weighted by Gasteiger charge is 2.07. The average Bonchev–Trinajstić information content (AvgIpc) is 1.92. The fraction of sp³-hybridized carbons (Fsp3) is 0.143. The zero-order chi connectivity index (χ0) is 9.35. The van der Waals surface area contributed by atoms with Crippen LogP contribution in [0.4, 0.5) is 0 Å². The number of hydrogen-bond acceptors (Lipinski definition) is 2. The minimum atomic E-state index is -3.60. The van der Waals surface area contributed by atoms with Crippen LogP contribution in [-0.2, 0) is 10.0 Å². The van der Waals surface area contributed by atoms with E-state index in [4.69, 9.17) is 13.0 Å². The first kappa shape index (κ1) is 9.28. The van der Waals surface area contributed by atoms with Gasteiger partial charge in [-0.25, -0.2) is 13.6 Å². The highest BCUT2D eigenvalue weighted by atomic mass is 32.2. The van der Waals surface area contributed by atoms with Gasteiger partial charge in [0.25, 0.3) is 0 Å². The van der Waals surface area contributed by atoms with Gasteiger partial charge in [-0.3, -0.25) is 0 Å². The van der Waals surface area contributed by atoms with E-state index in [2.05, 4.69) is 0 Å². The Balaban J connectivity index is 3.33. The molecule has 62 valence electrons. The summed E-state index contributed by atoms with van der Waals surface area (Å²) < 4.78 is 21.7. The molecule has 2 radical (unpaired) electrons. The molecule has 0 aromatic heterocycles. The molecule has 12 heavy (non-hydrogen) atoms. The van der Waals surface area contributed by atoms with Gasteiger partial charge in [0.1, 0.15) is 7.85 Å². The molecule has 0 aliphatic carbocycles. The van der Waals surface area contributed by atoms with E-state index in [1.807, 2.05) is 0 Å². The number of hydrogen-bond donors (Lipinski definition) is 1. The summed E-state index contributed by atoms with van der Waals surface area (Å²) in [5.41, 5.74) is 1.27. The van der Waals surface area contributed by atoms with Crippen molar-refractivity contribution in [1.29, 1.82) is 0 Å². The molecule has 3 nitrogen and oxygen atoms in total. The molecule has 1 aromatic rings. The average molecular weight is 181 g/mol. The fourth-order valence-corrected chi connectivity index (χ4v) is 1.42. The quantitative estimate of drug-likeness (QED) is 0.590. The van der Waals surface area contributed by atoms with Crippen molar-refractivity contribution in [1.82, 2.24) is 0 Å². The lowest BCUT2D eigenvalue weighted by Gasteiger charge is -2.02. The maximum absolute atomic E-state index is 10.8. The number of aryl methyl sites for hydroxylation is 1. The lowest BCUT2D eigenvalue weighted by Crippen LogP contribution is -2.15. The van der Waals surface area contributed by atoms with E-state index >= 15 is 0 Å². The molecule has 0 aliphatic heterocycles. The van der Waals surface area contributed by atoms with Crippen molar-refractivity contribution in [3.63, 3.8) is 0 Å². The monoisotopic (exact) mass is 181 g/mol. The summed E-state index contributed by atoms with van der Waals surface area (Å²) in [6.45, 7) is 1.73. The SMILES string of the molecule is [B]c1ccc(S(N)(=O)=O)cc1C. The second-order valence-corrected chi connectivity index (χ2v) is 4.12. The Bertz CT molecular complexity index is 400. The Labute approximate surface area is 73.0 Å². The summed E-state index contributed by atoms with van der Waals surface area (Å²) in [5, 5.41) is 4.91.